The lowest BCUT2D eigenvalue weighted by Gasteiger charge is -2.11. The minimum atomic E-state index is -3.76. The molecule has 0 aliphatic carbocycles. The summed E-state index contributed by atoms with van der Waals surface area (Å²) in [7, 11) is -2.28. The van der Waals surface area contributed by atoms with Crippen molar-refractivity contribution in [2.75, 3.05) is 20.3 Å². The van der Waals surface area contributed by atoms with Crippen molar-refractivity contribution in [2.24, 2.45) is 0 Å². The Labute approximate surface area is 147 Å². The van der Waals surface area contributed by atoms with Crippen molar-refractivity contribution in [3.63, 3.8) is 0 Å². The van der Waals surface area contributed by atoms with Crippen molar-refractivity contribution in [1.29, 1.82) is 0 Å². The molecule has 0 atom stereocenters. The second-order valence-electron chi connectivity index (χ2n) is 5.32. The molecule has 6 nitrogen and oxygen atoms in total. The van der Waals surface area contributed by atoms with E-state index in [1.807, 2.05) is 6.92 Å². The zero-order chi connectivity index (χ0) is 18.3. The molecule has 2 aromatic rings. The van der Waals surface area contributed by atoms with Crippen LogP contribution in [0.3, 0.4) is 0 Å². The molecule has 0 aliphatic heterocycles. The Morgan fingerprint density at radius 3 is 2.36 bits per heavy atom. The molecular weight excluding hydrogens is 344 g/mol. The fourth-order valence-electron chi connectivity index (χ4n) is 2.06. The Balaban J connectivity index is 1.83. The van der Waals surface area contributed by atoms with Gasteiger partial charge >= 0.3 is 0 Å². The van der Waals surface area contributed by atoms with Crippen LogP contribution in [0.15, 0.2) is 47.4 Å². The van der Waals surface area contributed by atoms with Gasteiger partial charge in [-0.05, 0) is 37.3 Å². The topological polar surface area (TPSA) is 78.9 Å². The van der Waals surface area contributed by atoms with Crippen LogP contribution in [0.5, 0.6) is 11.5 Å². The molecule has 0 fully saturated rings. The number of aryl methyl sites for hydroxylation is 1. The number of methoxy groups -OCH3 is 1. The highest BCUT2D eigenvalue weighted by molar-refractivity contribution is 7.86. The first-order valence-electron chi connectivity index (χ1n) is 7.68. The lowest BCUT2D eigenvalue weighted by molar-refractivity contribution is 0.112. The zero-order valence-corrected chi connectivity index (χ0v) is 14.9. The Bertz CT molecular complexity index is 812. The van der Waals surface area contributed by atoms with E-state index < -0.39 is 10.1 Å². The molecule has 0 saturated carbocycles. The van der Waals surface area contributed by atoms with Crippen molar-refractivity contribution in [2.45, 2.75) is 18.2 Å². The van der Waals surface area contributed by atoms with Crippen LogP contribution >= 0.6 is 0 Å². The third-order valence-corrected chi connectivity index (χ3v) is 4.74. The number of ether oxygens (including phenoxy) is 2. The smallest absolute Gasteiger partial charge is 0.296 e. The number of aldehydes is 1. The summed E-state index contributed by atoms with van der Waals surface area (Å²) in [5, 5.41) is 0. The zero-order valence-electron chi connectivity index (χ0n) is 14.1. The van der Waals surface area contributed by atoms with Gasteiger partial charge in [0.05, 0.1) is 25.2 Å². The van der Waals surface area contributed by atoms with Gasteiger partial charge in [0.1, 0.15) is 6.29 Å². The first-order chi connectivity index (χ1) is 12.0. The molecule has 0 unspecified atom stereocenters. The summed E-state index contributed by atoms with van der Waals surface area (Å²) >= 11 is 0. The summed E-state index contributed by atoms with van der Waals surface area (Å²) in [4.78, 5) is 10.9. The lowest BCUT2D eigenvalue weighted by Crippen LogP contribution is -2.10. The number of benzene rings is 2. The summed E-state index contributed by atoms with van der Waals surface area (Å²) in [6.45, 7) is 2.13. The predicted molar refractivity (Wildman–Crippen MR) is 92.8 cm³/mol. The fourth-order valence-corrected chi connectivity index (χ4v) is 3.00. The van der Waals surface area contributed by atoms with Gasteiger partial charge in [-0.1, -0.05) is 17.7 Å². The Kier molecular flexibility index (Phi) is 6.55. The number of carbonyl (C=O) groups is 1. The van der Waals surface area contributed by atoms with E-state index in [0.717, 1.165) is 11.8 Å². The minimum Gasteiger partial charge on any atom is -0.493 e. The van der Waals surface area contributed by atoms with Crippen LogP contribution in [0.4, 0.5) is 0 Å². The van der Waals surface area contributed by atoms with Crippen LogP contribution in [-0.4, -0.2) is 35.0 Å². The predicted octanol–water partition coefficient (Wildman–Crippen LogP) is 2.99. The average Bonchev–Trinajstić information content (AvgIpc) is 2.61. The maximum absolute atomic E-state index is 12.0. The van der Waals surface area contributed by atoms with Crippen molar-refractivity contribution >= 4 is 16.4 Å². The summed E-state index contributed by atoms with van der Waals surface area (Å²) in [5.74, 6) is 0.923. The molecular formula is C18H20O6S. The Morgan fingerprint density at radius 2 is 1.72 bits per heavy atom. The highest BCUT2D eigenvalue weighted by Crippen LogP contribution is 2.27. The van der Waals surface area contributed by atoms with Gasteiger partial charge in [-0.3, -0.25) is 8.98 Å². The molecule has 2 rings (SSSR count). The van der Waals surface area contributed by atoms with E-state index in [4.69, 9.17) is 13.7 Å². The number of hydrogen-bond donors (Lipinski definition) is 0. The normalized spacial score (nSPS) is 11.1. The van der Waals surface area contributed by atoms with E-state index in [0.29, 0.717) is 23.5 Å². The molecule has 0 aliphatic rings. The van der Waals surface area contributed by atoms with E-state index >= 15 is 0 Å². The number of rotatable bonds is 9. The molecule has 0 amide bonds. The van der Waals surface area contributed by atoms with E-state index in [1.165, 1.54) is 19.2 Å². The summed E-state index contributed by atoms with van der Waals surface area (Å²) < 4.78 is 39.8. The molecule has 0 bridgehead atoms. The van der Waals surface area contributed by atoms with Gasteiger partial charge in [0, 0.05) is 12.0 Å². The van der Waals surface area contributed by atoms with E-state index in [-0.39, 0.29) is 18.1 Å². The van der Waals surface area contributed by atoms with Crippen LogP contribution in [0.25, 0.3) is 0 Å². The van der Waals surface area contributed by atoms with Gasteiger partial charge in [-0.25, -0.2) is 0 Å². The first-order valence-corrected chi connectivity index (χ1v) is 9.09. The highest BCUT2D eigenvalue weighted by atomic mass is 32.2. The first kappa shape index (κ1) is 19.0. The molecule has 134 valence electrons. The quantitative estimate of drug-likeness (QED) is 0.387. The number of hydrogen-bond acceptors (Lipinski definition) is 6. The molecule has 0 aromatic heterocycles. The summed E-state index contributed by atoms with van der Waals surface area (Å²) in [6.07, 6.45) is 1.10. The fraction of sp³-hybridized carbons (Fsp3) is 0.278. The lowest BCUT2D eigenvalue weighted by atomic mass is 10.2. The maximum atomic E-state index is 12.0. The van der Waals surface area contributed by atoms with Crippen molar-refractivity contribution in [1.82, 2.24) is 0 Å². The largest absolute Gasteiger partial charge is 0.493 e. The van der Waals surface area contributed by atoms with Crippen molar-refractivity contribution in [3.8, 4) is 11.5 Å². The maximum Gasteiger partial charge on any atom is 0.296 e. The second-order valence-corrected chi connectivity index (χ2v) is 6.93. The summed E-state index contributed by atoms with van der Waals surface area (Å²) in [5.41, 5.74) is 1.46. The van der Waals surface area contributed by atoms with Gasteiger partial charge in [-0.2, -0.15) is 8.42 Å². The molecule has 0 saturated heterocycles. The van der Waals surface area contributed by atoms with E-state index in [1.54, 1.807) is 30.3 Å². The average molecular weight is 364 g/mol. The third kappa shape index (κ3) is 5.30. The van der Waals surface area contributed by atoms with Gasteiger partial charge in [0.2, 0.25) is 0 Å². The van der Waals surface area contributed by atoms with Crippen LogP contribution in [0.1, 0.15) is 22.3 Å². The van der Waals surface area contributed by atoms with Gasteiger partial charge in [-0.15, -0.1) is 0 Å². The van der Waals surface area contributed by atoms with Crippen molar-refractivity contribution in [3.05, 3.63) is 53.6 Å². The van der Waals surface area contributed by atoms with Gasteiger partial charge < -0.3 is 9.47 Å². The molecule has 2 aromatic carbocycles. The van der Waals surface area contributed by atoms with Crippen LogP contribution in [-0.2, 0) is 14.3 Å². The summed E-state index contributed by atoms with van der Waals surface area (Å²) in [6, 6.07) is 11.3. The highest BCUT2D eigenvalue weighted by Gasteiger charge is 2.14. The van der Waals surface area contributed by atoms with Gasteiger partial charge in [0.25, 0.3) is 10.1 Å². The molecule has 25 heavy (non-hydrogen) atoms. The number of carbonyl (C=O) groups excluding carboxylic acids is 1. The standard InChI is InChI=1S/C18H20O6S/c1-14-4-7-16(8-5-14)25(20,21)24-11-3-10-23-17-9-6-15(13-19)12-18(17)22-2/h4-9,12-13H,3,10-11H2,1-2H3. The van der Waals surface area contributed by atoms with Crippen LogP contribution in [0, 0.1) is 6.92 Å². The molecule has 0 heterocycles. The SMILES string of the molecule is COc1cc(C=O)ccc1OCCCOS(=O)(=O)c1ccc(C)cc1. The molecule has 0 radical (unpaired) electrons. The van der Waals surface area contributed by atoms with Gasteiger partial charge in [0.15, 0.2) is 11.5 Å². The van der Waals surface area contributed by atoms with Crippen molar-refractivity contribution < 1.29 is 26.9 Å². The molecule has 0 N–H and O–H groups in total. The van der Waals surface area contributed by atoms with Crippen LogP contribution in [0.2, 0.25) is 0 Å². The minimum absolute atomic E-state index is 0.00491. The molecule has 0 spiro atoms. The monoisotopic (exact) mass is 364 g/mol. The third-order valence-electron chi connectivity index (χ3n) is 3.42. The van der Waals surface area contributed by atoms with Crippen LogP contribution < -0.4 is 9.47 Å². The van der Waals surface area contributed by atoms with E-state index in [2.05, 4.69) is 0 Å². The second kappa shape index (κ2) is 8.64. The Morgan fingerprint density at radius 1 is 1.00 bits per heavy atom. The van der Waals surface area contributed by atoms with E-state index in [9.17, 15) is 13.2 Å². The Hall–Kier alpha value is -2.38. The molecule has 7 heteroatoms.